The summed E-state index contributed by atoms with van der Waals surface area (Å²) >= 11 is 0. The second-order valence-corrected chi connectivity index (χ2v) is 4.08. The SMILES string of the molecule is COC(C)(C)CCOc1ccnc(NN)c1. The average molecular weight is 225 g/mol. The Morgan fingerprint density at radius 2 is 2.25 bits per heavy atom. The zero-order valence-electron chi connectivity index (χ0n) is 9.99. The lowest BCUT2D eigenvalue weighted by Crippen LogP contribution is -2.25. The molecule has 5 nitrogen and oxygen atoms in total. The molecule has 3 N–H and O–H groups in total. The van der Waals surface area contributed by atoms with E-state index in [1.54, 1.807) is 25.4 Å². The highest BCUT2D eigenvalue weighted by Gasteiger charge is 2.15. The largest absolute Gasteiger partial charge is 0.493 e. The Kier molecular flexibility index (Phi) is 4.52. The highest BCUT2D eigenvalue weighted by Crippen LogP contribution is 2.17. The van der Waals surface area contributed by atoms with E-state index in [-0.39, 0.29) is 5.60 Å². The van der Waals surface area contributed by atoms with E-state index in [9.17, 15) is 0 Å². The van der Waals surface area contributed by atoms with Crippen molar-refractivity contribution in [3.63, 3.8) is 0 Å². The maximum atomic E-state index is 5.57. The number of nitrogens with one attached hydrogen (secondary N) is 1. The van der Waals surface area contributed by atoms with Crippen LogP contribution in [0, 0.1) is 0 Å². The zero-order valence-corrected chi connectivity index (χ0v) is 9.99. The standard InChI is InChI=1S/C11H19N3O2/c1-11(2,15-3)5-7-16-9-4-6-13-10(8-9)14-12/h4,6,8H,5,7,12H2,1-3H3,(H,13,14). The molecule has 1 heterocycles. The predicted octanol–water partition coefficient (Wildman–Crippen LogP) is 1.56. The van der Waals surface area contributed by atoms with Crippen molar-refractivity contribution in [2.45, 2.75) is 25.9 Å². The molecule has 0 saturated carbocycles. The number of rotatable bonds is 6. The van der Waals surface area contributed by atoms with Gasteiger partial charge in [0.15, 0.2) is 0 Å². The van der Waals surface area contributed by atoms with E-state index in [2.05, 4.69) is 10.4 Å². The first-order chi connectivity index (χ1) is 7.57. The molecule has 0 aliphatic rings. The first-order valence-corrected chi connectivity index (χ1v) is 5.18. The van der Waals surface area contributed by atoms with Crippen LogP contribution >= 0.6 is 0 Å². The molecule has 1 aromatic heterocycles. The fourth-order valence-electron chi connectivity index (χ4n) is 1.10. The van der Waals surface area contributed by atoms with Crippen LogP contribution in [0.2, 0.25) is 0 Å². The Balaban J connectivity index is 2.42. The van der Waals surface area contributed by atoms with E-state index in [1.807, 2.05) is 13.8 Å². The molecule has 5 heteroatoms. The molecule has 0 aromatic carbocycles. The molecule has 0 spiro atoms. The summed E-state index contributed by atoms with van der Waals surface area (Å²) in [6, 6.07) is 3.54. The Morgan fingerprint density at radius 3 is 2.88 bits per heavy atom. The van der Waals surface area contributed by atoms with Crippen LogP contribution in [0.25, 0.3) is 0 Å². The minimum atomic E-state index is -0.165. The lowest BCUT2D eigenvalue weighted by Gasteiger charge is -2.22. The van der Waals surface area contributed by atoms with Crippen LogP contribution < -0.4 is 16.0 Å². The van der Waals surface area contributed by atoms with Crippen molar-refractivity contribution in [1.82, 2.24) is 4.98 Å². The van der Waals surface area contributed by atoms with Crippen molar-refractivity contribution >= 4 is 5.82 Å². The van der Waals surface area contributed by atoms with Gasteiger partial charge in [-0.1, -0.05) is 0 Å². The van der Waals surface area contributed by atoms with Gasteiger partial charge in [0, 0.05) is 25.8 Å². The smallest absolute Gasteiger partial charge is 0.143 e. The highest BCUT2D eigenvalue weighted by atomic mass is 16.5. The van der Waals surface area contributed by atoms with Crippen molar-refractivity contribution in [1.29, 1.82) is 0 Å². The second-order valence-electron chi connectivity index (χ2n) is 4.08. The molecule has 0 bridgehead atoms. The van der Waals surface area contributed by atoms with Gasteiger partial charge in [0.2, 0.25) is 0 Å². The molecular formula is C11H19N3O2. The average Bonchev–Trinajstić information content (AvgIpc) is 2.29. The number of anilines is 1. The Labute approximate surface area is 95.9 Å². The summed E-state index contributed by atoms with van der Waals surface area (Å²) in [5.74, 6) is 6.58. The van der Waals surface area contributed by atoms with E-state index in [0.29, 0.717) is 12.4 Å². The molecule has 1 rings (SSSR count). The van der Waals surface area contributed by atoms with Crippen LogP contribution in [0.15, 0.2) is 18.3 Å². The number of methoxy groups -OCH3 is 1. The minimum absolute atomic E-state index is 0.165. The van der Waals surface area contributed by atoms with E-state index < -0.39 is 0 Å². The number of hydrogen-bond acceptors (Lipinski definition) is 5. The van der Waals surface area contributed by atoms with Crippen molar-refractivity contribution in [3.05, 3.63) is 18.3 Å². The van der Waals surface area contributed by atoms with Crippen LogP contribution in [0.4, 0.5) is 5.82 Å². The lowest BCUT2D eigenvalue weighted by molar-refractivity contribution is 0.00546. The molecule has 0 fully saturated rings. The van der Waals surface area contributed by atoms with E-state index in [4.69, 9.17) is 15.3 Å². The maximum absolute atomic E-state index is 5.57. The van der Waals surface area contributed by atoms with Gasteiger partial charge in [-0.15, -0.1) is 0 Å². The normalized spacial score (nSPS) is 11.2. The Bertz CT molecular complexity index is 329. The van der Waals surface area contributed by atoms with Gasteiger partial charge < -0.3 is 14.9 Å². The number of hydrogen-bond donors (Lipinski definition) is 2. The lowest BCUT2D eigenvalue weighted by atomic mass is 10.1. The van der Waals surface area contributed by atoms with Gasteiger partial charge in [-0.2, -0.15) is 0 Å². The van der Waals surface area contributed by atoms with Gasteiger partial charge in [0.05, 0.1) is 12.2 Å². The molecule has 0 unspecified atom stereocenters. The van der Waals surface area contributed by atoms with Crippen LogP contribution in [-0.4, -0.2) is 24.3 Å². The van der Waals surface area contributed by atoms with Crippen molar-refractivity contribution in [3.8, 4) is 5.75 Å². The summed E-state index contributed by atoms with van der Waals surface area (Å²) in [6.45, 7) is 4.64. The number of hydrazine groups is 1. The fraction of sp³-hybridized carbons (Fsp3) is 0.545. The van der Waals surface area contributed by atoms with Crippen molar-refractivity contribution in [2.75, 3.05) is 19.1 Å². The number of pyridine rings is 1. The number of ether oxygens (including phenoxy) is 2. The third kappa shape index (κ3) is 4.04. The quantitative estimate of drug-likeness (QED) is 0.568. The first kappa shape index (κ1) is 12.7. The molecule has 90 valence electrons. The summed E-state index contributed by atoms with van der Waals surface area (Å²) in [5.41, 5.74) is 2.30. The van der Waals surface area contributed by atoms with Crippen molar-refractivity contribution < 1.29 is 9.47 Å². The summed E-state index contributed by atoms with van der Waals surface area (Å²) in [6.07, 6.45) is 2.46. The molecule has 0 radical (unpaired) electrons. The molecule has 0 atom stereocenters. The van der Waals surface area contributed by atoms with Gasteiger partial charge in [0.1, 0.15) is 11.6 Å². The molecule has 1 aromatic rings. The molecular weight excluding hydrogens is 206 g/mol. The molecule has 0 aliphatic carbocycles. The van der Waals surface area contributed by atoms with Gasteiger partial charge >= 0.3 is 0 Å². The number of nitrogen functional groups attached to an aromatic ring is 1. The van der Waals surface area contributed by atoms with E-state index >= 15 is 0 Å². The van der Waals surface area contributed by atoms with E-state index in [0.717, 1.165) is 12.2 Å². The van der Waals surface area contributed by atoms with Crippen LogP contribution in [0.5, 0.6) is 5.75 Å². The number of nitrogens with zero attached hydrogens (tertiary/aromatic N) is 1. The highest BCUT2D eigenvalue weighted by molar-refractivity contribution is 5.39. The summed E-state index contributed by atoms with van der Waals surface area (Å²) in [7, 11) is 1.70. The minimum Gasteiger partial charge on any atom is -0.493 e. The van der Waals surface area contributed by atoms with Gasteiger partial charge in [-0.3, -0.25) is 0 Å². The number of aromatic nitrogens is 1. The third-order valence-electron chi connectivity index (χ3n) is 2.40. The van der Waals surface area contributed by atoms with Gasteiger partial charge in [-0.05, 0) is 19.9 Å². The fourth-order valence-corrected chi connectivity index (χ4v) is 1.10. The predicted molar refractivity (Wildman–Crippen MR) is 63.2 cm³/mol. The molecule has 0 saturated heterocycles. The van der Waals surface area contributed by atoms with Gasteiger partial charge in [0.25, 0.3) is 0 Å². The summed E-state index contributed by atoms with van der Waals surface area (Å²) in [5, 5.41) is 0. The monoisotopic (exact) mass is 225 g/mol. The molecule has 0 amide bonds. The molecule has 0 aliphatic heterocycles. The number of nitrogens with two attached hydrogens (primary N) is 1. The maximum Gasteiger partial charge on any atom is 0.143 e. The van der Waals surface area contributed by atoms with Crippen molar-refractivity contribution in [2.24, 2.45) is 5.84 Å². The summed E-state index contributed by atoms with van der Waals surface area (Å²) < 4.78 is 10.9. The molecule has 16 heavy (non-hydrogen) atoms. The van der Waals surface area contributed by atoms with Crippen LogP contribution in [0.3, 0.4) is 0 Å². The zero-order chi connectivity index (χ0) is 12.0. The van der Waals surface area contributed by atoms with E-state index in [1.165, 1.54) is 0 Å². The van der Waals surface area contributed by atoms with Crippen LogP contribution in [0.1, 0.15) is 20.3 Å². The van der Waals surface area contributed by atoms with Gasteiger partial charge in [-0.25, -0.2) is 10.8 Å². The Morgan fingerprint density at radius 1 is 1.50 bits per heavy atom. The van der Waals surface area contributed by atoms with Crippen LogP contribution in [-0.2, 0) is 4.74 Å². The Hall–Kier alpha value is -1.33. The summed E-state index contributed by atoms with van der Waals surface area (Å²) in [4.78, 5) is 3.99. The second kappa shape index (κ2) is 5.67. The third-order valence-corrected chi connectivity index (χ3v) is 2.40. The topological polar surface area (TPSA) is 69.4 Å². The first-order valence-electron chi connectivity index (χ1n) is 5.18.